The van der Waals surface area contributed by atoms with E-state index in [4.69, 9.17) is 5.73 Å². The van der Waals surface area contributed by atoms with Gasteiger partial charge in [-0.25, -0.2) is 12.8 Å². The summed E-state index contributed by atoms with van der Waals surface area (Å²) in [5, 5.41) is 0. The second kappa shape index (κ2) is 5.13. The van der Waals surface area contributed by atoms with Crippen LogP contribution in [0.15, 0.2) is 41.3 Å². The van der Waals surface area contributed by atoms with Crippen molar-refractivity contribution in [2.45, 2.75) is 18.7 Å². The van der Waals surface area contributed by atoms with Gasteiger partial charge in [0.1, 0.15) is 5.82 Å². The topological polar surface area (TPSA) is 72.2 Å². The number of nitrogens with two attached hydrogens (primary N) is 1. The summed E-state index contributed by atoms with van der Waals surface area (Å²) in [6.45, 7) is 3.36. The molecular weight excluding hydrogens is 279 g/mol. The van der Waals surface area contributed by atoms with Crippen LogP contribution in [0.3, 0.4) is 0 Å². The molecular formula is C14H15FN2O2S. The van der Waals surface area contributed by atoms with Gasteiger partial charge in [-0.15, -0.1) is 0 Å². The summed E-state index contributed by atoms with van der Waals surface area (Å²) in [4.78, 5) is 0.0828. The number of rotatable bonds is 3. The predicted octanol–water partition coefficient (Wildman–Crippen LogP) is 2.83. The number of anilines is 2. The number of sulfonamides is 1. The minimum atomic E-state index is -3.80. The first-order chi connectivity index (χ1) is 9.28. The maximum absolute atomic E-state index is 13.3. The molecule has 0 aliphatic carbocycles. The number of aryl methyl sites for hydroxylation is 2. The lowest BCUT2D eigenvalue weighted by molar-refractivity contribution is 0.600. The van der Waals surface area contributed by atoms with Crippen molar-refractivity contribution in [2.24, 2.45) is 0 Å². The predicted molar refractivity (Wildman–Crippen MR) is 77.5 cm³/mol. The van der Waals surface area contributed by atoms with Crippen LogP contribution in [-0.4, -0.2) is 8.42 Å². The van der Waals surface area contributed by atoms with E-state index >= 15 is 0 Å². The summed E-state index contributed by atoms with van der Waals surface area (Å²) in [5.41, 5.74) is 7.35. The number of halogens is 1. The maximum Gasteiger partial charge on any atom is 0.262 e. The van der Waals surface area contributed by atoms with Crippen LogP contribution in [0.5, 0.6) is 0 Å². The Bertz CT molecular complexity index is 738. The molecule has 2 rings (SSSR count). The van der Waals surface area contributed by atoms with Crippen molar-refractivity contribution in [2.75, 3.05) is 10.5 Å². The Labute approximate surface area is 117 Å². The van der Waals surface area contributed by atoms with Crippen molar-refractivity contribution in [3.8, 4) is 0 Å². The van der Waals surface area contributed by atoms with Crippen LogP contribution in [0, 0.1) is 19.7 Å². The van der Waals surface area contributed by atoms with E-state index in [-0.39, 0.29) is 10.6 Å². The Morgan fingerprint density at radius 3 is 2.45 bits per heavy atom. The summed E-state index contributed by atoms with van der Waals surface area (Å²) < 4.78 is 40.3. The van der Waals surface area contributed by atoms with Crippen molar-refractivity contribution < 1.29 is 12.8 Å². The van der Waals surface area contributed by atoms with Crippen molar-refractivity contribution >= 4 is 21.4 Å². The Balaban J connectivity index is 2.43. The fourth-order valence-electron chi connectivity index (χ4n) is 1.91. The van der Waals surface area contributed by atoms with E-state index in [1.165, 1.54) is 12.1 Å². The fraction of sp³-hybridized carbons (Fsp3) is 0.143. The first-order valence-corrected chi connectivity index (χ1v) is 7.42. The van der Waals surface area contributed by atoms with Crippen LogP contribution in [0.25, 0.3) is 0 Å². The third-order valence-electron chi connectivity index (χ3n) is 2.80. The standard InChI is InChI=1S/C14H15FN2O2S/c1-9-5-11(15)7-13(6-9)17-20(18,19)14-8-12(16)4-3-10(14)2/h3-8,17H,16H2,1-2H3. The quantitative estimate of drug-likeness (QED) is 0.855. The molecule has 0 aliphatic rings. The molecule has 20 heavy (non-hydrogen) atoms. The largest absolute Gasteiger partial charge is 0.399 e. The van der Waals surface area contributed by atoms with Gasteiger partial charge in [-0.2, -0.15) is 0 Å². The van der Waals surface area contributed by atoms with Gasteiger partial charge in [-0.3, -0.25) is 4.72 Å². The zero-order chi connectivity index (χ0) is 14.9. The lowest BCUT2D eigenvalue weighted by Crippen LogP contribution is -2.14. The molecule has 2 aromatic rings. The fourth-order valence-corrected chi connectivity index (χ4v) is 3.23. The molecule has 0 saturated heterocycles. The molecule has 4 nitrogen and oxygen atoms in total. The molecule has 0 heterocycles. The minimum Gasteiger partial charge on any atom is -0.399 e. The average Bonchev–Trinajstić information content (AvgIpc) is 2.30. The minimum absolute atomic E-state index is 0.0828. The van der Waals surface area contributed by atoms with Gasteiger partial charge in [0, 0.05) is 5.69 Å². The smallest absolute Gasteiger partial charge is 0.262 e. The summed E-state index contributed by atoms with van der Waals surface area (Å²) in [5.74, 6) is -0.494. The van der Waals surface area contributed by atoms with Crippen LogP contribution >= 0.6 is 0 Å². The summed E-state index contributed by atoms with van der Waals surface area (Å²) in [6.07, 6.45) is 0. The monoisotopic (exact) mass is 294 g/mol. The average molecular weight is 294 g/mol. The van der Waals surface area contributed by atoms with E-state index in [1.807, 2.05) is 0 Å². The second-order valence-electron chi connectivity index (χ2n) is 4.65. The van der Waals surface area contributed by atoms with Crippen LogP contribution in [0.2, 0.25) is 0 Å². The lowest BCUT2D eigenvalue weighted by atomic mass is 10.2. The van der Waals surface area contributed by atoms with E-state index in [0.29, 0.717) is 16.8 Å². The molecule has 0 atom stereocenters. The highest BCUT2D eigenvalue weighted by molar-refractivity contribution is 7.92. The molecule has 0 radical (unpaired) electrons. The first-order valence-electron chi connectivity index (χ1n) is 5.94. The van der Waals surface area contributed by atoms with Crippen molar-refractivity contribution in [1.29, 1.82) is 0 Å². The Kier molecular flexibility index (Phi) is 3.67. The maximum atomic E-state index is 13.3. The lowest BCUT2D eigenvalue weighted by Gasteiger charge is -2.11. The normalized spacial score (nSPS) is 11.3. The molecule has 0 aliphatic heterocycles. The zero-order valence-corrected chi connectivity index (χ0v) is 12.0. The van der Waals surface area contributed by atoms with E-state index in [2.05, 4.69) is 4.72 Å². The molecule has 0 spiro atoms. The van der Waals surface area contributed by atoms with Gasteiger partial charge in [0.2, 0.25) is 0 Å². The van der Waals surface area contributed by atoms with Gasteiger partial charge >= 0.3 is 0 Å². The molecule has 0 fully saturated rings. The third kappa shape index (κ3) is 3.08. The van der Waals surface area contributed by atoms with Gasteiger partial charge in [0.05, 0.1) is 10.6 Å². The second-order valence-corrected chi connectivity index (χ2v) is 6.30. The molecule has 106 valence electrons. The number of nitrogens with one attached hydrogen (secondary N) is 1. The van der Waals surface area contributed by atoms with Gasteiger partial charge in [0.15, 0.2) is 0 Å². The summed E-state index contributed by atoms with van der Waals surface area (Å²) in [7, 11) is -3.80. The summed E-state index contributed by atoms with van der Waals surface area (Å²) in [6, 6.07) is 8.64. The van der Waals surface area contributed by atoms with Crippen molar-refractivity contribution in [3.05, 3.63) is 53.3 Å². The van der Waals surface area contributed by atoms with Crippen molar-refractivity contribution in [1.82, 2.24) is 0 Å². The first kappa shape index (κ1) is 14.3. The van der Waals surface area contributed by atoms with Crippen LogP contribution in [0.4, 0.5) is 15.8 Å². The third-order valence-corrected chi connectivity index (χ3v) is 4.32. The molecule has 0 unspecified atom stereocenters. The molecule has 0 saturated carbocycles. The molecule has 0 aromatic heterocycles. The van der Waals surface area contributed by atoms with Crippen LogP contribution < -0.4 is 10.5 Å². The van der Waals surface area contributed by atoms with E-state index in [0.717, 1.165) is 6.07 Å². The van der Waals surface area contributed by atoms with E-state index < -0.39 is 15.8 Å². The molecule has 6 heteroatoms. The van der Waals surface area contributed by atoms with E-state index in [1.54, 1.807) is 32.0 Å². The number of hydrogen-bond donors (Lipinski definition) is 2. The Hall–Kier alpha value is -2.08. The van der Waals surface area contributed by atoms with Gasteiger partial charge in [-0.1, -0.05) is 6.07 Å². The molecule has 3 N–H and O–H groups in total. The van der Waals surface area contributed by atoms with Crippen LogP contribution in [-0.2, 0) is 10.0 Å². The number of nitrogen functional groups attached to an aromatic ring is 1. The molecule has 0 amide bonds. The Morgan fingerprint density at radius 1 is 1.10 bits per heavy atom. The highest BCUT2D eigenvalue weighted by Gasteiger charge is 2.17. The SMILES string of the molecule is Cc1cc(F)cc(NS(=O)(=O)c2cc(N)ccc2C)c1. The van der Waals surface area contributed by atoms with Gasteiger partial charge < -0.3 is 5.73 Å². The molecule has 2 aromatic carbocycles. The summed E-state index contributed by atoms with van der Waals surface area (Å²) >= 11 is 0. The van der Waals surface area contributed by atoms with Crippen molar-refractivity contribution in [3.63, 3.8) is 0 Å². The number of benzene rings is 2. The highest BCUT2D eigenvalue weighted by Crippen LogP contribution is 2.22. The zero-order valence-electron chi connectivity index (χ0n) is 11.1. The Morgan fingerprint density at radius 2 is 1.80 bits per heavy atom. The van der Waals surface area contributed by atoms with Gasteiger partial charge in [0.25, 0.3) is 10.0 Å². The van der Waals surface area contributed by atoms with E-state index in [9.17, 15) is 12.8 Å². The highest BCUT2D eigenvalue weighted by atomic mass is 32.2. The van der Waals surface area contributed by atoms with Crippen LogP contribution in [0.1, 0.15) is 11.1 Å². The number of hydrogen-bond acceptors (Lipinski definition) is 3. The molecule has 0 bridgehead atoms. The van der Waals surface area contributed by atoms with Gasteiger partial charge in [-0.05, 0) is 55.3 Å².